The van der Waals surface area contributed by atoms with Gasteiger partial charge in [-0.2, -0.15) is 0 Å². The molecule has 0 spiro atoms. The van der Waals surface area contributed by atoms with Crippen molar-refractivity contribution in [1.82, 2.24) is 0 Å². The highest BCUT2D eigenvalue weighted by Crippen LogP contribution is 2.25. The zero-order chi connectivity index (χ0) is 10.4. The van der Waals surface area contributed by atoms with Crippen molar-refractivity contribution in [2.45, 2.75) is 6.42 Å². The van der Waals surface area contributed by atoms with E-state index in [0.29, 0.717) is 5.88 Å². The summed E-state index contributed by atoms with van der Waals surface area (Å²) < 4.78 is 6.10. The van der Waals surface area contributed by atoms with Crippen molar-refractivity contribution in [1.29, 1.82) is 0 Å². The normalized spacial score (nSPS) is 10.8. The van der Waals surface area contributed by atoms with Crippen molar-refractivity contribution in [3.63, 3.8) is 0 Å². The minimum atomic E-state index is 0.661. The second kappa shape index (κ2) is 6.10. The third-order valence-electron chi connectivity index (χ3n) is 1.76. The van der Waals surface area contributed by atoms with Crippen molar-refractivity contribution in [3.05, 3.63) is 34.3 Å². The largest absolute Gasteiger partial charge is 0.496 e. The molecule has 1 nitrogen and oxygen atoms in total. The van der Waals surface area contributed by atoms with Crippen LogP contribution in [-0.2, 0) is 0 Å². The number of ether oxygens (including phenoxy) is 1. The van der Waals surface area contributed by atoms with Crippen molar-refractivity contribution >= 4 is 33.6 Å². The van der Waals surface area contributed by atoms with Gasteiger partial charge < -0.3 is 4.74 Å². The van der Waals surface area contributed by atoms with E-state index >= 15 is 0 Å². The number of methoxy groups -OCH3 is 1. The third kappa shape index (κ3) is 3.35. The lowest BCUT2D eigenvalue weighted by atomic mass is 10.2. The van der Waals surface area contributed by atoms with Crippen LogP contribution in [0.15, 0.2) is 28.7 Å². The maximum Gasteiger partial charge on any atom is 0.133 e. The lowest BCUT2D eigenvalue weighted by Crippen LogP contribution is -1.84. The second-order valence-electron chi connectivity index (χ2n) is 2.77. The van der Waals surface area contributed by atoms with Crippen LogP contribution in [0.1, 0.15) is 12.0 Å². The Balaban J connectivity index is 2.76. The molecular weight excluding hydrogens is 263 g/mol. The molecule has 0 unspecified atom stereocenters. The second-order valence-corrected chi connectivity index (χ2v) is 4.01. The first kappa shape index (κ1) is 11.6. The predicted molar refractivity (Wildman–Crippen MR) is 65.1 cm³/mol. The Morgan fingerprint density at radius 2 is 2.29 bits per heavy atom. The summed E-state index contributed by atoms with van der Waals surface area (Å²) in [6.45, 7) is 0. The van der Waals surface area contributed by atoms with Gasteiger partial charge in [0, 0.05) is 5.88 Å². The smallest absolute Gasteiger partial charge is 0.133 e. The van der Waals surface area contributed by atoms with Gasteiger partial charge in [-0.15, -0.1) is 11.6 Å². The van der Waals surface area contributed by atoms with Gasteiger partial charge in [0.15, 0.2) is 0 Å². The van der Waals surface area contributed by atoms with Crippen LogP contribution in [0, 0.1) is 0 Å². The van der Waals surface area contributed by atoms with Gasteiger partial charge in [0.1, 0.15) is 5.75 Å². The van der Waals surface area contributed by atoms with E-state index in [-0.39, 0.29) is 0 Å². The van der Waals surface area contributed by atoms with Gasteiger partial charge in [-0.3, -0.25) is 0 Å². The van der Waals surface area contributed by atoms with E-state index in [2.05, 4.69) is 22.0 Å². The average Bonchev–Trinajstić information content (AvgIpc) is 2.18. The zero-order valence-corrected chi connectivity index (χ0v) is 10.3. The van der Waals surface area contributed by atoms with Crippen molar-refractivity contribution in [2.24, 2.45) is 0 Å². The molecule has 0 N–H and O–H groups in total. The first-order valence-electron chi connectivity index (χ1n) is 4.34. The Bertz CT molecular complexity index is 323. The molecule has 0 radical (unpaired) electrons. The number of hydrogen-bond acceptors (Lipinski definition) is 1. The summed E-state index contributed by atoms with van der Waals surface area (Å²) in [6.07, 6.45) is 5.00. The molecule has 0 saturated heterocycles. The van der Waals surface area contributed by atoms with Gasteiger partial charge in [-0.05, 0) is 40.0 Å². The van der Waals surface area contributed by atoms with Crippen LogP contribution in [0.2, 0.25) is 0 Å². The Morgan fingerprint density at radius 3 is 2.86 bits per heavy atom. The van der Waals surface area contributed by atoms with Gasteiger partial charge >= 0.3 is 0 Å². The minimum absolute atomic E-state index is 0.661. The Hall–Kier alpha value is -0.470. The lowest BCUT2D eigenvalue weighted by Gasteiger charge is -2.03. The standard InChI is InChI=1S/C11H12BrClO/c1-14-11-6-5-9(8-10(11)12)4-2-3-7-13/h2,4-6,8H,3,7H2,1H3/b4-2+. The first-order chi connectivity index (χ1) is 6.77. The van der Waals surface area contributed by atoms with E-state index in [1.54, 1.807) is 7.11 Å². The molecule has 1 aromatic carbocycles. The number of allylic oxidation sites excluding steroid dienone is 1. The van der Waals surface area contributed by atoms with Crippen molar-refractivity contribution in [3.8, 4) is 5.75 Å². The summed E-state index contributed by atoms with van der Waals surface area (Å²) in [6, 6.07) is 5.96. The predicted octanol–water partition coefficient (Wildman–Crippen LogP) is 4.10. The van der Waals surface area contributed by atoms with Crippen LogP contribution in [-0.4, -0.2) is 13.0 Å². The highest BCUT2D eigenvalue weighted by Gasteiger charge is 1.98. The van der Waals surface area contributed by atoms with E-state index in [4.69, 9.17) is 16.3 Å². The summed E-state index contributed by atoms with van der Waals surface area (Å²) in [5, 5.41) is 0. The Morgan fingerprint density at radius 1 is 1.50 bits per heavy atom. The fraction of sp³-hybridized carbons (Fsp3) is 0.273. The summed E-state index contributed by atoms with van der Waals surface area (Å²) in [7, 11) is 1.66. The van der Waals surface area contributed by atoms with E-state index in [9.17, 15) is 0 Å². The van der Waals surface area contributed by atoms with Gasteiger partial charge in [0.2, 0.25) is 0 Å². The maximum atomic E-state index is 5.57. The fourth-order valence-corrected chi connectivity index (χ4v) is 1.75. The molecule has 0 aromatic heterocycles. The Labute approximate surface area is 97.9 Å². The lowest BCUT2D eigenvalue weighted by molar-refractivity contribution is 0.412. The maximum absolute atomic E-state index is 5.57. The molecule has 76 valence electrons. The molecular formula is C11H12BrClO. The molecule has 14 heavy (non-hydrogen) atoms. The molecule has 1 rings (SSSR count). The molecule has 0 saturated carbocycles. The van der Waals surface area contributed by atoms with Crippen LogP contribution in [0.4, 0.5) is 0 Å². The van der Waals surface area contributed by atoms with Gasteiger partial charge in [-0.25, -0.2) is 0 Å². The SMILES string of the molecule is COc1ccc(/C=C/CCCl)cc1Br. The summed E-state index contributed by atoms with van der Waals surface area (Å²) in [5.74, 6) is 1.51. The number of alkyl halides is 1. The van der Waals surface area contributed by atoms with Crippen LogP contribution >= 0.6 is 27.5 Å². The van der Waals surface area contributed by atoms with E-state index < -0.39 is 0 Å². The van der Waals surface area contributed by atoms with Crippen molar-refractivity contribution < 1.29 is 4.74 Å². The molecule has 0 aliphatic heterocycles. The molecule has 0 aliphatic carbocycles. The molecule has 0 heterocycles. The zero-order valence-electron chi connectivity index (χ0n) is 7.97. The molecule has 0 amide bonds. The summed E-state index contributed by atoms with van der Waals surface area (Å²) in [5.41, 5.74) is 1.14. The molecule has 1 aromatic rings. The van der Waals surface area contributed by atoms with Crippen LogP contribution in [0.5, 0.6) is 5.75 Å². The highest BCUT2D eigenvalue weighted by molar-refractivity contribution is 9.10. The number of rotatable bonds is 4. The molecule has 0 fully saturated rings. The van der Waals surface area contributed by atoms with E-state index in [1.807, 2.05) is 24.3 Å². The van der Waals surface area contributed by atoms with Crippen LogP contribution in [0.25, 0.3) is 6.08 Å². The number of benzene rings is 1. The highest BCUT2D eigenvalue weighted by atomic mass is 79.9. The molecule has 0 aliphatic rings. The fourth-order valence-electron chi connectivity index (χ4n) is 1.07. The Kier molecular flexibility index (Phi) is 5.05. The summed E-state index contributed by atoms with van der Waals surface area (Å²) >= 11 is 9.00. The molecule has 3 heteroatoms. The summed E-state index contributed by atoms with van der Waals surface area (Å²) in [4.78, 5) is 0. The van der Waals surface area contributed by atoms with Crippen LogP contribution < -0.4 is 4.74 Å². The van der Waals surface area contributed by atoms with E-state index in [0.717, 1.165) is 22.2 Å². The molecule has 0 bridgehead atoms. The minimum Gasteiger partial charge on any atom is -0.496 e. The topological polar surface area (TPSA) is 9.23 Å². The van der Waals surface area contributed by atoms with Gasteiger partial charge in [0.25, 0.3) is 0 Å². The quantitative estimate of drug-likeness (QED) is 0.752. The number of halogens is 2. The molecule has 0 atom stereocenters. The first-order valence-corrected chi connectivity index (χ1v) is 5.66. The monoisotopic (exact) mass is 274 g/mol. The third-order valence-corrected chi connectivity index (χ3v) is 2.60. The van der Waals surface area contributed by atoms with Gasteiger partial charge in [-0.1, -0.05) is 18.2 Å². The van der Waals surface area contributed by atoms with Crippen molar-refractivity contribution in [2.75, 3.05) is 13.0 Å². The number of hydrogen-bond donors (Lipinski definition) is 0. The average molecular weight is 276 g/mol. The van der Waals surface area contributed by atoms with Gasteiger partial charge in [0.05, 0.1) is 11.6 Å². The van der Waals surface area contributed by atoms with Crippen LogP contribution in [0.3, 0.4) is 0 Å². The van der Waals surface area contributed by atoms with E-state index in [1.165, 1.54) is 0 Å².